The molecule has 0 saturated heterocycles. The van der Waals surface area contributed by atoms with Crippen molar-refractivity contribution in [2.75, 3.05) is 4.31 Å². The summed E-state index contributed by atoms with van der Waals surface area (Å²) in [6.07, 6.45) is -2.99. The van der Waals surface area contributed by atoms with Crippen molar-refractivity contribution in [1.29, 1.82) is 0 Å². The van der Waals surface area contributed by atoms with Gasteiger partial charge in [0, 0.05) is 19.2 Å². The summed E-state index contributed by atoms with van der Waals surface area (Å²) in [4.78, 5) is 11.6. The Morgan fingerprint density at radius 2 is 1.87 bits per heavy atom. The molecule has 1 aliphatic carbocycles. The predicted molar refractivity (Wildman–Crippen MR) is 105 cm³/mol. The molecule has 0 amide bonds. The molecule has 2 aromatic carbocycles. The number of aromatic nitrogens is 1. The molecule has 1 aromatic heterocycles. The molecule has 1 fully saturated rings. The lowest BCUT2D eigenvalue weighted by atomic mass is 10.1. The number of fused-ring (bicyclic) bond motifs is 1. The van der Waals surface area contributed by atoms with Crippen molar-refractivity contribution in [3.63, 3.8) is 0 Å². The van der Waals surface area contributed by atoms with E-state index in [4.69, 9.17) is 4.42 Å². The third-order valence-electron chi connectivity index (χ3n) is 5.42. The van der Waals surface area contributed by atoms with Gasteiger partial charge in [-0.2, -0.15) is 13.2 Å². The minimum atomic E-state index is -4.60. The van der Waals surface area contributed by atoms with Gasteiger partial charge in [-0.1, -0.05) is 6.07 Å². The minimum Gasteiger partial charge on any atom is -0.408 e. The van der Waals surface area contributed by atoms with Crippen LogP contribution in [0.1, 0.15) is 25.3 Å². The SMILES string of the molecule is C[C@H](C1CC1)N(c1cccc(C(F)(F)F)c1)S(=O)(=O)c1ccc2c(c1)oc(=O)n2C. The lowest BCUT2D eigenvalue weighted by molar-refractivity contribution is -0.137. The van der Waals surface area contributed by atoms with Crippen molar-refractivity contribution < 1.29 is 26.0 Å². The van der Waals surface area contributed by atoms with Gasteiger partial charge in [0.2, 0.25) is 0 Å². The van der Waals surface area contributed by atoms with Crippen molar-refractivity contribution >= 4 is 26.8 Å². The summed E-state index contributed by atoms with van der Waals surface area (Å²) in [6.45, 7) is 1.69. The van der Waals surface area contributed by atoms with Gasteiger partial charge < -0.3 is 4.42 Å². The number of rotatable bonds is 5. The first-order chi connectivity index (χ1) is 14.0. The van der Waals surface area contributed by atoms with Crippen LogP contribution >= 0.6 is 0 Å². The fourth-order valence-corrected chi connectivity index (χ4v) is 5.29. The number of halogens is 3. The second-order valence-electron chi connectivity index (χ2n) is 7.48. The second-order valence-corrected chi connectivity index (χ2v) is 9.30. The van der Waals surface area contributed by atoms with Crippen molar-refractivity contribution in [1.82, 2.24) is 4.57 Å². The molecule has 30 heavy (non-hydrogen) atoms. The Labute approximate surface area is 170 Å². The molecule has 0 N–H and O–H groups in total. The zero-order valence-electron chi connectivity index (χ0n) is 16.2. The Hall–Kier alpha value is -2.75. The van der Waals surface area contributed by atoms with E-state index in [0.717, 1.165) is 29.3 Å². The van der Waals surface area contributed by atoms with E-state index in [-0.39, 0.29) is 22.1 Å². The van der Waals surface area contributed by atoms with Crippen molar-refractivity contribution in [2.24, 2.45) is 13.0 Å². The number of alkyl halides is 3. The molecule has 6 nitrogen and oxygen atoms in total. The van der Waals surface area contributed by atoms with Crippen molar-refractivity contribution in [3.05, 3.63) is 58.6 Å². The second kappa shape index (κ2) is 6.90. The highest BCUT2D eigenvalue weighted by molar-refractivity contribution is 7.92. The molecule has 3 aromatic rings. The molecule has 0 bridgehead atoms. The lowest BCUT2D eigenvalue weighted by Crippen LogP contribution is -2.40. The monoisotopic (exact) mass is 440 g/mol. The Bertz CT molecular complexity index is 1270. The maximum Gasteiger partial charge on any atom is 0.419 e. The van der Waals surface area contributed by atoms with E-state index in [1.54, 1.807) is 6.92 Å². The molecule has 0 spiro atoms. The summed E-state index contributed by atoms with van der Waals surface area (Å²) in [5.41, 5.74) is -0.474. The third-order valence-corrected chi connectivity index (χ3v) is 7.33. The molecule has 0 unspecified atom stereocenters. The highest BCUT2D eigenvalue weighted by Crippen LogP contribution is 2.41. The van der Waals surface area contributed by atoms with Crippen LogP contribution in [-0.4, -0.2) is 19.0 Å². The number of aryl methyl sites for hydroxylation is 1. The highest BCUT2D eigenvalue weighted by Gasteiger charge is 2.40. The molecule has 1 saturated carbocycles. The van der Waals surface area contributed by atoms with Crippen LogP contribution < -0.4 is 10.1 Å². The minimum absolute atomic E-state index is 0.0566. The van der Waals surface area contributed by atoms with Gasteiger partial charge in [-0.3, -0.25) is 8.87 Å². The summed E-state index contributed by atoms with van der Waals surface area (Å²) >= 11 is 0. The van der Waals surface area contributed by atoms with Crippen molar-refractivity contribution in [3.8, 4) is 0 Å². The first-order valence-electron chi connectivity index (χ1n) is 9.31. The molecule has 10 heteroatoms. The quantitative estimate of drug-likeness (QED) is 0.598. The topological polar surface area (TPSA) is 72.5 Å². The van der Waals surface area contributed by atoms with Crippen LogP contribution in [0.2, 0.25) is 0 Å². The van der Waals surface area contributed by atoms with Crippen LogP contribution in [0.5, 0.6) is 0 Å². The van der Waals surface area contributed by atoms with E-state index in [0.29, 0.717) is 5.52 Å². The highest BCUT2D eigenvalue weighted by atomic mass is 32.2. The molecule has 0 aliphatic heterocycles. The Balaban J connectivity index is 1.86. The lowest BCUT2D eigenvalue weighted by Gasteiger charge is -2.31. The third kappa shape index (κ3) is 3.49. The average molecular weight is 440 g/mol. The number of anilines is 1. The smallest absolute Gasteiger partial charge is 0.408 e. The van der Waals surface area contributed by atoms with Gasteiger partial charge in [0.1, 0.15) is 0 Å². The number of oxazole rings is 1. The number of hydrogen-bond donors (Lipinski definition) is 0. The first kappa shape index (κ1) is 20.5. The molecule has 1 heterocycles. The van der Waals surface area contributed by atoms with E-state index >= 15 is 0 Å². The largest absolute Gasteiger partial charge is 0.419 e. The van der Waals surface area contributed by atoms with Crippen LogP contribution in [0.4, 0.5) is 18.9 Å². The zero-order chi connectivity index (χ0) is 21.8. The molecule has 1 atom stereocenters. The fourth-order valence-electron chi connectivity index (χ4n) is 3.57. The van der Waals surface area contributed by atoms with E-state index in [2.05, 4.69) is 0 Å². The van der Waals surface area contributed by atoms with E-state index in [1.807, 2.05) is 0 Å². The van der Waals surface area contributed by atoms with E-state index < -0.39 is 33.6 Å². The summed E-state index contributed by atoms with van der Waals surface area (Å²) in [5.74, 6) is -0.576. The van der Waals surface area contributed by atoms with E-state index in [1.165, 1.54) is 41.9 Å². The van der Waals surface area contributed by atoms with Gasteiger partial charge in [-0.25, -0.2) is 13.2 Å². The maximum atomic E-state index is 13.5. The van der Waals surface area contributed by atoms with Gasteiger partial charge in [-0.05, 0) is 56.0 Å². The van der Waals surface area contributed by atoms with Gasteiger partial charge >= 0.3 is 11.9 Å². The first-order valence-corrected chi connectivity index (χ1v) is 10.8. The van der Waals surface area contributed by atoms with Crippen LogP contribution in [-0.2, 0) is 23.2 Å². The summed E-state index contributed by atoms with van der Waals surface area (Å²) in [5, 5.41) is 0. The zero-order valence-corrected chi connectivity index (χ0v) is 17.0. The van der Waals surface area contributed by atoms with Gasteiger partial charge in [0.25, 0.3) is 10.0 Å². The molecular formula is C20H19F3N2O4S. The normalized spacial score (nSPS) is 16.0. The fraction of sp³-hybridized carbons (Fsp3) is 0.350. The maximum absolute atomic E-state index is 13.5. The van der Waals surface area contributed by atoms with Crippen LogP contribution in [0.15, 0.2) is 56.6 Å². The number of sulfonamides is 1. The number of benzene rings is 2. The Morgan fingerprint density at radius 1 is 1.17 bits per heavy atom. The summed E-state index contributed by atoms with van der Waals surface area (Å²) < 4.78 is 74.1. The number of hydrogen-bond acceptors (Lipinski definition) is 4. The molecule has 4 rings (SSSR count). The predicted octanol–water partition coefficient (Wildman–Crippen LogP) is 4.14. The van der Waals surface area contributed by atoms with Crippen LogP contribution in [0.25, 0.3) is 11.1 Å². The van der Waals surface area contributed by atoms with Crippen molar-refractivity contribution in [2.45, 2.75) is 36.9 Å². The summed E-state index contributed by atoms with van der Waals surface area (Å²) in [6, 6.07) is 7.76. The summed E-state index contributed by atoms with van der Waals surface area (Å²) in [7, 11) is -2.73. The average Bonchev–Trinajstić information content (AvgIpc) is 3.48. The van der Waals surface area contributed by atoms with Gasteiger partial charge in [-0.15, -0.1) is 0 Å². The molecule has 160 valence electrons. The number of nitrogens with zero attached hydrogens (tertiary/aromatic N) is 2. The molecule has 1 aliphatic rings. The Kier molecular flexibility index (Phi) is 4.72. The van der Waals surface area contributed by atoms with E-state index in [9.17, 15) is 26.4 Å². The molecular weight excluding hydrogens is 421 g/mol. The Morgan fingerprint density at radius 3 is 2.50 bits per heavy atom. The van der Waals surface area contributed by atoms with Crippen LogP contribution in [0.3, 0.4) is 0 Å². The standard InChI is InChI=1S/C20H19F3N2O4S/c1-12(13-6-7-13)25(15-5-3-4-14(10-15)20(21,22)23)30(27,28)16-8-9-17-18(11-16)29-19(26)24(17)2/h3-5,8-13H,6-7H2,1-2H3/t12-/m1/s1. The van der Waals surface area contributed by atoms with Gasteiger partial charge in [0.15, 0.2) is 5.58 Å². The van der Waals surface area contributed by atoms with Crippen LogP contribution in [0, 0.1) is 5.92 Å². The van der Waals surface area contributed by atoms with Gasteiger partial charge in [0.05, 0.1) is 21.7 Å². The molecule has 0 radical (unpaired) electrons.